The van der Waals surface area contributed by atoms with Crippen LogP contribution in [0.25, 0.3) is 0 Å². The Morgan fingerprint density at radius 2 is 2.31 bits per heavy atom. The summed E-state index contributed by atoms with van der Waals surface area (Å²) in [4.78, 5) is 0. The van der Waals surface area contributed by atoms with Gasteiger partial charge in [0.1, 0.15) is 5.75 Å². The van der Waals surface area contributed by atoms with E-state index in [4.69, 9.17) is 4.74 Å². The van der Waals surface area contributed by atoms with Gasteiger partial charge in [-0.15, -0.1) is 0 Å². The van der Waals surface area contributed by atoms with Crippen molar-refractivity contribution in [3.8, 4) is 5.75 Å². The van der Waals surface area contributed by atoms with E-state index in [0.29, 0.717) is 0 Å². The highest BCUT2D eigenvalue weighted by atomic mass is 16.5. The highest BCUT2D eigenvalue weighted by Crippen LogP contribution is 2.30. The first-order valence-electron chi connectivity index (χ1n) is 5.15. The Morgan fingerprint density at radius 3 is 3.15 bits per heavy atom. The predicted octanol–water partition coefficient (Wildman–Crippen LogP) is 2.96. The molecule has 2 rings (SSSR count). The third-order valence-electron chi connectivity index (χ3n) is 2.60. The number of hydrogen-bond acceptors (Lipinski definition) is 1. The first-order valence-corrected chi connectivity index (χ1v) is 5.15. The van der Waals surface area contributed by atoms with E-state index < -0.39 is 0 Å². The van der Waals surface area contributed by atoms with Crippen LogP contribution in [0.15, 0.2) is 18.2 Å². The smallest absolute Gasteiger partial charge is 0.125 e. The zero-order chi connectivity index (χ0) is 9.10. The first kappa shape index (κ1) is 8.61. The van der Waals surface area contributed by atoms with Crippen molar-refractivity contribution in [2.45, 2.75) is 32.6 Å². The lowest BCUT2D eigenvalue weighted by molar-refractivity contribution is 0.353. The molecule has 0 aliphatic carbocycles. The summed E-state index contributed by atoms with van der Waals surface area (Å²) in [6.07, 6.45) is 4.78. The minimum Gasteiger partial charge on any atom is -0.493 e. The molecule has 1 aromatic carbocycles. The fourth-order valence-corrected chi connectivity index (χ4v) is 1.85. The van der Waals surface area contributed by atoms with Gasteiger partial charge >= 0.3 is 0 Å². The maximum atomic E-state index is 5.63. The number of para-hydroxylation sites is 1. The van der Waals surface area contributed by atoms with E-state index in [0.717, 1.165) is 13.0 Å². The minimum absolute atomic E-state index is 0.873. The van der Waals surface area contributed by atoms with Gasteiger partial charge in [-0.1, -0.05) is 31.5 Å². The molecule has 0 fully saturated rings. The van der Waals surface area contributed by atoms with Gasteiger partial charge in [-0.3, -0.25) is 0 Å². The summed E-state index contributed by atoms with van der Waals surface area (Å²) in [5.41, 5.74) is 2.80. The van der Waals surface area contributed by atoms with Gasteiger partial charge in [0.2, 0.25) is 0 Å². The molecule has 0 saturated carbocycles. The Balaban J connectivity index is 2.20. The van der Waals surface area contributed by atoms with E-state index >= 15 is 0 Å². The van der Waals surface area contributed by atoms with E-state index in [-0.39, 0.29) is 0 Å². The van der Waals surface area contributed by atoms with E-state index in [1.54, 1.807) is 0 Å². The Kier molecular flexibility index (Phi) is 2.53. The lowest BCUT2D eigenvalue weighted by Gasteiger charge is -2.06. The minimum atomic E-state index is 0.873. The third-order valence-corrected chi connectivity index (χ3v) is 2.60. The van der Waals surface area contributed by atoms with Crippen molar-refractivity contribution >= 4 is 0 Å². The molecule has 1 aliphatic heterocycles. The average molecular weight is 176 g/mol. The molecule has 1 heteroatoms. The van der Waals surface area contributed by atoms with Gasteiger partial charge in [0.05, 0.1) is 6.61 Å². The molecule has 0 amide bonds. The standard InChI is InChI=1S/C12H16O/c1-2-3-5-10-6-4-7-11-8-9-13-12(10)11/h4,6-7H,2-3,5,8-9H2,1H3. The largest absolute Gasteiger partial charge is 0.493 e. The Morgan fingerprint density at radius 1 is 1.38 bits per heavy atom. The average Bonchev–Trinajstić information content (AvgIpc) is 2.62. The highest BCUT2D eigenvalue weighted by molar-refractivity contribution is 5.43. The van der Waals surface area contributed by atoms with Gasteiger partial charge < -0.3 is 4.74 Å². The highest BCUT2D eigenvalue weighted by Gasteiger charge is 2.14. The van der Waals surface area contributed by atoms with Crippen LogP contribution in [-0.2, 0) is 12.8 Å². The summed E-state index contributed by atoms with van der Waals surface area (Å²) in [6, 6.07) is 6.52. The van der Waals surface area contributed by atoms with Crippen molar-refractivity contribution in [3.05, 3.63) is 29.3 Å². The van der Waals surface area contributed by atoms with Crippen molar-refractivity contribution in [1.29, 1.82) is 0 Å². The molecule has 0 bridgehead atoms. The van der Waals surface area contributed by atoms with Crippen LogP contribution in [0, 0.1) is 0 Å². The predicted molar refractivity (Wildman–Crippen MR) is 54.3 cm³/mol. The molecule has 1 nitrogen and oxygen atoms in total. The fraction of sp³-hybridized carbons (Fsp3) is 0.500. The maximum Gasteiger partial charge on any atom is 0.125 e. The van der Waals surface area contributed by atoms with Crippen LogP contribution in [0.3, 0.4) is 0 Å². The monoisotopic (exact) mass is 176 g/mol. The van der Waals surface area contributed by atoms with Gasteiger partial charge in [0, 0.05) is 6.42 Å². The van der Waals surface area contributed by atoms with Crippen LogP contribution in [0.5, 0.6) is 5.75 Å². The fourth-order valence-electron chi connectivity index (χ4n) is 1.85. The first-order chi connectivity index (χ1) is 6.42. The van der Waals surface area contributed by atoms with Gasteiger partial charge in [-0.25, -0.2) is 0 Å². The summed E-state index contributed by atoms with van der Waals surface area (Å²) in [5, 5.41) is 0. The summed E-state index contributed by atoms with van der Waals surface area (Å²) >= 11 is 0. The maximum absolute atomic E-state index is 5.63. The molecule has 0 radical (unpaired) electrons. The van der Waals surface area contributed by atoms with Crippen LogP contribution < -0.4 is 4.74 Å². The van der Waals surface area contributed by atoms with Crippen LogP contribution in [0.2, 0.25) is 0 Å². The molecule has 0 N–H and O–H groups in total. The van der Waals surface area contributed by atoms with Crippen molar-refractivity contribution in [2.24, 2.45) is 0 Å². The second-order valence-corrected chi connectivity index (χ2v) is 3.61. The topological polar surface area (TPSA) is 9.23 Å². The van der Waals surface area contributed by atoms with Crippen molar-refractivity contribution in [3.63, 3.8) is 0 Å². The van der Waals surface area contributed by atoms with Gasteiger partial charge in [-0.05, 0) is 24.0 Å². The zero-order valence-corrected chi connectivity index (χ0v) is 8.18. The van der Waals surface area contributed by atoms with Gasteiger partial charge in [-0.2, -0.15) is 0 Å². The van der Waals surface area contributed by atoms with E-state index in [1.807, 2.05) is 0 Å². The Labute approximate surface area is 79.7 Å². The summed E-state index contributed by atoms with van der Waals surface area (Å²) in [5.74, 6) is 1.18. The number of ether oxygens (including phenoxy) is 1. The lowest BCUT2D eigenvalue weighted by Crippen LogP contribution is -1.91. The number of rotatable bonds is 3. The molecular weight excluding hydrogens is 160 g/mol. The quantitative estimate of drug-likeness (QED) is 0.688. The molecule has 1 heterocycles. The van der Waals surface area contributed by atoms with Crippen LogP contribution in [0.4, 0.5) is 0 Å². The van der Waals surface area contributed by atoms with E-state index in [1.165, 1.54) is 36.1 Å². The summed E-state index contributed by atoms with van der Waals surface area (Å²) in [6.45, 7) is 3.10. The molecule has 0 atom stereocenters. The van der Waals surface area contributed by atoms with Gasteiger partial charge in [0.25, 0.3) is 0 Å². The van der Waals surface area contributed by atoms with E-state index in [2.05, 4.69) is 25.1 Å². The second-order valence-electron chi connectivity index (χ2n) is 3.61. The van der Waals surface area contributed by atoms with Crippen LogP contribution in [-0.4, -0.2) is 6.61 Å². The van der Waals surface area contributed by atoms with Crippen molar-refractivity contribution in [2.75, 3.05) is 6.61 Å². The number of fused-ring (bicyclic) bond motifs is 1. The number of benzene rings is 1. The number of hydrogen-bond donors (Lipinski definition) is 0. The zero-order valence-electron chi connectivity index (χ0n) is 8.18. The summed E-state index contributed by atoms with van der Waals surface area (Å²) < 4.78 is 5.63. The molecule has 13 heavy (non-hydrogen) atoms. The third kappa shape index (κ3) is 1.69. The number of unbranched alkanes of at least 4 members (excludes halogenated alkanes) is 1. The SMILES string of the molecule is CCCCc1cccc2c1OCC2. The van der Waals surface area contributed by atoms with Crippen molar-refractivity contribution < 1.29 is 4.74 Å². The Bertz CT molecular complexity index is 291. The molecule has 1 aromatic rings. The molecule has 0 spiro atoms. The molecule has 70 valence electrons. The van der Waals surface area contributed by atoms with Crippen molar-refractivity contribution in [1.82, 2.24) is 0 Å². The Hall–Kier alpha value is -0.980. The van der Waals surface area contributed by atoms with E-state index in [9.17, 15) is 0 Å². The lowest BCUT2D eigenvalue weighted by atomic mass is 10.0. The van der Waals surface area contributed by atoms with Gasteiger partial charge in [0.15, 0.2) is 0 Å². The molecular formula is C12H16O. The second kappa shape index (κ2) is 3.82. The summed E-state index contributed by atoms with van der Waals surface area (Å²) in [7, 11) is 0. The molecule has 1 aliphatic rings. The van der Waals surface area contributed by atoms with Crippen LogP contribution >= 0.6 is 0 Å². The molecule has 0 unspecified atom stereocenters. The van der Waals surface area contributed by atoms with Crippen LogP contribution in [0.1, 0.15) is 30.9 Å². The number of aryl methyl sites for hydroxylation is 1. The molecule has 0 aromatic heterocycles. The molecule has 0 saturated heterocycles. The normalized spacial score (nSPS) is 13.9.